The van der Waals surface area contributed by atoms with Crippen molar-refractivity contribution >= 4 is 109 Å². The van der Waals surface area contributed by atoms with Crippen LogP contribution >= 0.6 is 45.3 Å². The quantitative estimate of drug-likeness (QED) is 0.0159. The van der Waals surface area contributed by atoms with Crippen LogP contribution in [0.5, 0.6) is 92.0 Å². The van der Waals surface area contributed by atoms with Crippen LogP contribution in [-0.2, 0) is 0 Å². The van der Waals surface area contributed by atoms with E-state index >= 15 is 0 Å². The molecule has 0 atom stereocenters. The number of hydrogen-bond acceptors (Lipinski definition) is 24. The molecule has 0 spiro atoms. The third kappa shape index (κ3) is 26.3. The molecular weight excluding hydrogens is 1970 g/mol. The molecule has 0 bridgehead atoms. The number of rotatable bonds is 40. The summed E-state index contributed by atoms with van der Waals surface area (Å²) < 4.78 is 129. The van der Waals surface area contributed by atoms with Gasteiger partial charge in [-0.1, -0.05) is 47.5 Å². The molecule has 4 aliphatic rings. The third-order valence-corrected chi connectivity index (χ3v) is 30.7. The molecule has 0 unspecified atom stereocenters. The van der Waals surface area contributed by atoms with E-state index in [0.29, 0.717) is 151 Å². The molecule has 12 aromatic carbocycles. The van der Waals surface area contributed by atoms with Crippen LogP contribution < -0.4 is 37.9 Å². The van der Waals surface area contributed by atoms with E-state index < -0.39 is 11.6 Å². The first-order valence-electron chi connectivity index (χ1n) is 49.3. The number of benzene rings is 12. The van der Waals surface area contributed by atoms with Crippen molar-refractivity contribution in [2.24, 2.45) is 23.7 Å². The minimum Gasteiger partial charge on any atom is -0.508 e. The molecule has 20 rings (SSSR count). The summed E-state index contributed by atoms with van der Waals surface area (Å²) in [5.74, 6) is 6.38. The Balaban J connectivity index is 0.000000135. The van der Waals surface area contributed by atoms with Crippen molar-refractivity contribution in [1.82, 2.24) is 19.6 Å². The molecule has 0 aliphatic carbocycles. The highest BCUT2D eigenvalue weighted by Gasteiger charge is 2.33. The van der Waals surface area contributed by atoms with Crippen molar-refractivity contribution in [3.63, 3.8) is 0 Å². The highest BCUT2D eigenvalue weighted by Crippen LogP contribution is 2.49. The van der Waals surface area contributed by atoms with Crippen LogP contribution in [0.25, 0.3) is 40.3 Å². The van der Waals surface area contributed by atoms with E-state index in [9.17, 15) is 65.9 Å². The maximum atomic E-state index is 13.9. The van der Waals surface area contributed by atoms with Gasteiger partial charge in [0.05, 0.1) is 53.1 Å². The lowest BCUT2D eigenvalue weighted by Crippen LogP contribution is -2.48. The number of carbonyl (C=O) groups is 4. The number of hydrogen-bond donors (Lipinski definition) is 4. The number of likely N-dealkylation sites (tertiary alicyclic amines) is 4. The van der Waals surface area contributed by atoms with Gasteiger partial charge in [0.1, 0.15) is 100 Å². The number of nitrogens with zero attached hydrogens (tertiary/aromatic N) is 4. The number of aryl methyl sites for hydroxylation is 6. The predicted octanol–water partition coefficient (Wildman–Crippen LogP) is 27.3. The Morgan fingerprint density at radius 3 is 0.811 bits per heavy atom. The Morgan fingerprint density at radius 1 is 0.277 bits per heavy atom. The summed E-state index contributed by atoms with van der Waals surface area (Å²) in [6, 6.07) is 68.6. The van der Waals surface area contributed by atoms with Crippen molar-refractivity contribution in [3.05, 3.63) is 329 Å². The summed E-state index contributed by atoms with van der Waals surface area (Å²) in [5.41, 5.74) is 7.06. The van der Waals surface area contributed by atoms with E-state index in [1.807, 2.05) is 125 Å². The van der Waals surface area contributed by atoms with Gasteiger partial charge >= 0.3 is 0 Å². The molecule has 4 aromatic heterocycles. The fourth-order valence-electron chi connectivity index (χ4n) is 18.1. The number of ether oxygens (including phenoxy) is 8. The van der Waals surface area contributed by atoms with Gasteiger partial charge in [0, 0.05) is 165 Å². The van der Waals surface area contributed by atoms with E-state index in [-0.39, 0.29) is 102 Å². The maximum absolute atomic E-state index is 13.9. The lowest BCUT2D eigenvalue weighted by atomic mass is 10.0. The highest BCUT2D eigenvalue weighted by atomic mass is 32.1. The summed E-state index contributed by atoms with van der Waals surface area (Å²) in [7, 11) is 0. The first kappa shape index (κ1) is 106. The maximum Gasteiger partial charge on any atom is 0.207 e. The molecule has 30 heteroatoms. The summed E-state index contributed by atoms with van der Waals surface area (Å²) >= 11 is 5.05. The third-order valence-electron chi connectivity index (χ3n) is 26.2. The monoisotopic (exact) mass is 2080 g/mol. The number of alkyl halides is 4. The fourth-order valence-corrected chi connectivity index (χ4v) is 22.6. The van der Waals surface area contributed by atoms with Crippen LogP contribution in [0.4, 0.5) is 26.3 Å². The number of halogens is 6. The summed E-state index contributed by atoms with van der Waals surface area (Å²) in [5, 5.41) is 42.8. The Kier molecular flexibility index (Phi) is 34.9. The van der Waals surface area contributed by atoms with Crippen molar-refractivity contribution < 1.29 is 104 Å². The molecule has 4 aliphatic heterocycles. The van der Waals surface area contributed by atoms with Crippen LogP contribution in [0.15, 0.2) is 243 Å². The molecule has 4 fully saturated rings. The lowest BCUT2D eigenvalue weighted by Gasteiger charge is -2.37. The lowest BCUT2D eigenvalue weighted by molar-refractivity contribution is 0.0755. The van der Waals surface area contributed by atoms with Crippen molar-refractivity contribution in [2.75, 3.05) is 132 Å². The van der Waals surface area contributed by atoms with Crippen molar-refractivity contribution in [2.45, 2.75) is 67.2 Å². The SMILES string of the molecule is Cc1cc(F)ccc1C(=O)c1sc2cc(O)ccc2c1Oc1ccc(OCCCN2CC(CF)C2)cc1.Cc1ccc(C(=O)c2sc3cc(O)ccc3c2Oc2ccc(OCCCN3CC(CF)C3)cc2)c(C)c1.Cc1ccc(C)c(C(=O)c2sc3cc(O)ccc3c2Oc2ccc(OCCCN3CC(CF)C3)cc2)c1.Cc1ccc(F)cc1C(=O)c1sc2cc(O)ccc2c1Oc1ccc(OCCCN2CC(CF)C2)cc1. The standard InChI is InChI=1S/2C30H30FNO4S.2C29H27F2NO4S/c1-19-4-10-25(20(2)14-19)28(34)30-29(26-11-5-22(33)15-27(26)37-30)36-24-8-6-23(7-9-24)35-13-3-12-32-17-21(16-31)18-32;1-19-4-5-20(2)26(14-19)28(34)30-29(25-11-6-22(33)15-27(25)37-30)36-24-9-7-23(8-10-24)35-13-3-12-32-17-21(16-31)18-32;1-18-13-20(31)3-9-24(18)27(34)29-28(25-10-4-21(33)14-26(25)37-29)36-23-7-5-22(6-8-23)35-12-2-11-32-16-19(15-30)17-32;1-18-3-4-20(31)13-25(18)27(34)29-28(24-10-5-21(33)14-26(24)37-29)36-23-8-6-22(7-9-23)35-12-2-11-32-16-19(15-30)17-32/h2*4-11,14-15,21,33H,3,12-13,16-18H2,1-2H3;2*3-10,13-14,19,33H,2,11-12,15-17H2,1H3. The van der Waals surface area contributed by atoms with Gasteiger partial charge in [0.25, 0.3) is 0 Å². The zero-order valence-corrected chi connectivity index (χ0v) is 86.0. The summed E-state index contributed by atoms with van der Waals surface area (Å²) in [6.07, 6.45) is 3.49. The van der Waals surface area contributed by atoms with Gasteiger partial charge in [-0.15, -0.1) is 45.3 Å². The average Bonchev–Trinajstić information content (AvgIpc) is 1.63. The number of aromatic hydroxyl groups is 4. The average molecular weight is 2090 g/mol. The molecular formula is C118H114F6N4O16S4. The van der Waals surface area contributed by atoms with E-state index in [1.165, 1.54) is 75.7 Å². The number of ketones is 4. The van der Waals surface area contributed by atoms with Gasteiger partial charge in [-0.2, -0.15) is 0 Å². The zero-order valence-electron chi connectivity index (χ0n) is 82.8. The number of carbonyl (C=O) groups excluding carboxylic acids is 4. The van der Waals surface area contributed by atoms with Gasteiger partial charge in [-0.05, 0) is 296 Å². The number of phenols is 4. The molecule has 0 radical (unpaired) electrons. The van der Waals surface area contributed by atoms with Crippen LogP contribution in [0.1, 0.15) is 120 Å². The minimum atomic E-state index is -0.486. The van der Waals surface area contributed by atoms with Gasteiger partial charge in [-0.25, -0.2) is 8.78 Å². The fraction of sp³-hybridized carbons (Fsp3) is 0.288. The second-order valence-corrected chi connectivity index (χ2v) is 42.1. The van der Waals surface area contributed by atoms with Crippen LogP contribution in [-0.4, -0.2) is 195 Å². The zero-order chi connectivity index (χ0) is 104. The predicted molar refractivity (Wildman–Crippen MR) is 572 cm³/mol. The van der Waals surface area contributed by atoms with Gasteiger partial charge in [0.15, 0.2) is 23.0 Å². The Morgan fingerprint density at radius 2 is 0.520 bits per heavy atom. The second-order valence-electron chi connectivity index (χ2n) is 37.9. The smallest absolute Gasteiger partial charge is 0.207 e. The highest BCUT2D eigenvalue weighted by molar-refractivity contribution is 7.22. The van der Waals surface area contributed by atoms with Crippen LogP contribution in [0.3, 0.4) is 0 Å². The summed E-state index contributed by atoms with van der Waals surface area (Å²) in [6.45, 7) is 22.9. The number of thiophene rings is 4. The first-order chi connectivity index (χ1) is 71.6. The molecule has 148 heavy (non-hydrogen) atoms. The topological polar surface area (TPSA) is 236 Å². The van der Waals surface area contributed by atoms with E-state index in [1.54, 1.807) is 129 Å². The number of fused-ring (bicyclic) bond motifs is 4. The molecule has 16 aromatic rings. The summed E-state index contributed by atoms with van der Waals surface area (Å²) in [4.78, 5) is 64.7. The number of phenolic OH excluding ortho intramolecular Hbond substituents is 4. The van der Waals surface area contributed by atoms with Crippen molar-refractivity contribution in [3.8, 4) is 92.0 Å². The van der Waals surface area contributed by atoms with Gasteiger partial charge < -0.3 is 77.9 Å². The minimum absolute atomic E-state index is 0.0825. The normalized spacial score (nSPS) is 14.0. The van der Waals surface area contributed by atoms with Gasteiger partial charge in [-0.3, -0.25) is 36.7 Å². The molecule has 768 valence electrons. The Labute approximate surface area is 870 Å². The molecule has 4 N–H and O–H groups in total. The van der Waals surface area contributed by atoms with E-state index in [0.717, 1.165) is 158 Å². The van der Waals surface area contributed by atoms with E-state index in [4.69, 9.17) is 37.9 Å². The molecule has 0 saturated carbocycles. The van der Waals surface area contributed by atoms with Crippen LogP contribution in [0, 0.1) is 76.8 Å². The van der Waals surface area contributed by atoms with Gasteiger partial charge in [0.2, 0.25) is 23.1 Å². The molecule has 20 nitrogen and oxygen atoms in total. The van der Waals surface area contributed by atoms with Crippen LogP contribution in [0.2, 0.25) is 0 Å². The second kappa shape index (κ2) is 48.9. The molecule has 0 amide bonds. The largest absolute Gasteiger partial charge is 0.508 e. The van der Waals surface area contributed by atoms with Crippen molar-refractivity contribution in [1.29, 1.82) is 0 Å². The van der Waals surface area contributed by atoms with E-state index in [2.05, 4.69) is 19.6 Å². The molecule has 4 saturated heterocycles. The first-order valence-corrected chi connectivity index (χ1v) is 52.5. The Hall–Kier alpha value is -13.8. The Bertz CT molecular complexity index is 6950. The molecule has 8 heterocycles.